The molecular weight excluding hydrogens is 378 g/mol. The molecule has 1 heterocycles. The molecule has 28 heavy (non-hydrogen) atoms. The second kappa shape index (κ2) is 10.7. The van der Waals surface area contributed by atoms with E-state index in [0.29, 0.717) is 6.29 Å². The fraction of sp³-hybridized carbons (Fsp3) is 0.706. The van der Waals surface area contributed by atoms with Crippen molar-refractivity contribution in [2.75, 3.05) is 6.61 Å². The molecule has 1 aliphatic heterocycles. The Labute approximate surface area is 161 Å². The van der Waals surface area contributed by atoms with Crippen molar-refractivity contribution in [3.8, 4) is 0 Å². The largest absolute Gasteiger partial charge is 0.463 e. The Morgan fingerprint density at radius 1 is 1.00 bits per heavy atom. The van der Waals surface area contributed by atoms with Crippen LogP contribution in [0.5, 0.6) is 0 Å². The molecule has 0 aliphatic carbocycles. The van der Waals surface area contributed by atoms with E-state index in [0.717, 1.165) is 13.8 Å². The van der Waals surface area contributed by atoms with Gasteiger partial charge in [-0.15, -0.1) is 0 Å². The average Bonchev–Trinajstić information content (AvgIpc) is 2.57. The first kappa shape index (κ1) is 23.5. The number of nitrogens with one attached hydrogen (secondary N) is 1. The number of hydrogen-bond acceptors (Lipinski definition) is 10. The minimum Gasteiger partial charge on any atom is -0.463 e. The van der Waals surface area contributed by atoms with Gasteiger partial charge in [-0.05, 0) is 6.92 Å². The van der Waals surface area contributed by atoms with Crippen LogP contribution in [0.4, 0.5) is 0 Å². The fourth-order valence-corrected chi connectivity index (χ4v) is 2.65. The minimum absolute atomic E-state index is 0.340. The van der Waals surface area contributed by atoms with Gasteiger partial charge in [-0.1, -0.05) is 0 Å². The molecule has 1 N–H and O–H groups in total. The zero-order valence-corrected chi connectivity index (χ0v) is 16.3. The number of amides is 1. The van der Waals surface area contributed by atoms with E-state index in [-0.39, 0.29) is 6.61 Å². The summed E-state index contributed by atoms with van der Waals surface area (Å²) >= 11 is 0. The summed E-state index contributed by atoms with van der Waals surface area (Å²) in [5.74, 6) is -2.54. The number of aldehydes is 1. The quantitative estimate of drug-likeness (QED) is 0.312. The lowest BCUT2D eigenvalue weighted by Crippen LogP contribution is -2.67. The van der Waals surface area contributed by atoms with Gasteiger partial charge in [0.2, 0.25) is 5.91 Å². The third kappa shape index (κ3) is 7.24. The summed E-state index contributed by atoms with van der Waals surface area (Å²) in [6, 6.07) is -1.10. The third-order valence-corrected chi connectivity index (χ3v) is 3.61. The van der Waals surface area contributed by atoms with Gasteiger partial charge in [0.05, 0.1) is 0 Å². The summed E-state index contributed by atoms with van der Waals surface area (Å²) in [6.07, 6.45) is -5.16. The molecule has 6 atom stereocenters. The van der Waals surface area contributed by atoms with Crippen molar-refractivity contribution in [2.24, 2.45) is 0 Å². The summed E-state index contributed by atoms with van der Waals surface area (Å²) in [5.41, 5.74) is 0. The summed E-state index contributed by atoms with van der Waals surface area (Å²) in [4.78, 5) is 57.0. The van der Waals surface area contributed by atoms with E-state index in [1.807, 2.05) is 0 Å². The van der Waals surface area contributed by atoms with E-state index < -0.39 is 60.6 Å². The van der Waals surface area contributed by atoms with E-state index in [4.69, 9.17) is 23.7 Å². The van der Waals surface area contributed by atoms with E-state index in [9.17, 15) is 24.0 Å². The maximum atomic E-state index is 11.7. The Bertz CT molecular complexity index is 607. The van der Waals surface area contributed by atoms with Crippen LogP contribution < -0.4 is 5.32 Å². The lowest BCUT2D eigenvalue weighted by Gasteiger charge is -2.45. The number of hydrogen-bond donors (Lipinski definition) is 1. The van der Waals surface area contributed by atoms with Crippen LogP contribution in [-0.2, 0) is 47.7 Å². The van der Waals surface area contributed by atoms with Gasteiger partial charge >= 0.3 is 17.9 Å². The number of ether oxygens (including phenoxy) is 5. The van der Waals surface area contributed by atoms with E-state index in [1.165, 1.54) is 20.8 Å². The van der Waals surface area contributed by atoms with Crippen LogP contribution in [0.1, 0.15) is 34.6 Å². The minimum atomic E-state index is -1.25. The van der Waals surface area contributed by atoms with Crippen molar-refractivity contribution < 1.29 is 47.7 Å². The predicted octanol–water partition coefficient (Wildman–Crippen LogP) is -0.753. The van der Waals surface area contributed by atoms with Crippen molar-refractivity contribution in [3.63, 3.8) is 0 Å². The molecule has 1 amide bonds. The summed E-state index contributed by atoms with van der Waals surface area (Å²) in [7, 11) is 0. The zero-order chi connectivity index (χ0) is 21.4. The molecule has 11 nitrogen and oxygen atoms in total. The highest BCUT2D eigenvalue weighted by atomic mass is 16.7. The molecule has 11 heteroatoms. The van der Waals surface area contributed by atoms with Gasteiger partial charge in [-0.3, -0.25) is 19.2 Å². The molecule has 158 valence electrons. The topological polar surface area (TPSA) is 144 Å². The molecule has 0 aromatic carbocycles. The first-order valence-electron chi connectivity index (χ1n) is 8.56. The van der Waals surface area contributed by atoms with Crippen molar-refractivity contribution >= 4 is 30.1 Å². The van der Waals surface area contributed by atoms with Gasteiger partial charge in [-0.25, -0.2) is 0 Å². The van der Waals surface area contributed by atoms with Crippen LogP contribution in [0.3, 0.4) is 0 Å². The molecule has 0 aromatic rings. The van der Waals surface area contributed by atoms with Crippen molar-refractivity contribution in [1.82, 2.24) is 5.32 Å². The molecule has 6 unspecified atom stereocenters. The summed E-state index contributed by atoms with van der Waals surface area (Å²) in [6.45, 7) is 5.77. The normalized spacial score (nSPS) is 27.8. The van der Waals surface area contributed by atoms with Gasteiger partial charge in [0.25, 0.3) is 0 Å². The molecule has 0 spiro atoms. The number of esters is 3. The van der Waals surface area contributed by atoms with Crippen LogP contribution >= 0.6 is 0 Å². The van der Waals surface area contributed by atoms with Crippen LogP contribution in [0.15, 0.2) is 0 Å². The fourth-order valence-electron chi connectivity index (χ4n) is 2.65. The van der Waals surface area contributed by atoms with Crippen molar-refractivity contribution in [2.45, 2.75) is 71.4 Å². The second-order valence-corrected chi connectivity index (χ2v) is 6.20. The molecule has 1 saturated heterocycles. The summed E-state index contributed by atoms with van der Waals surface area (Å²) in [5, 5.41) is 2.52. The molecular formula is C17H25NO10. The smallest absolute Gasteiger partial charge is 0.303 e. The van der Waals surface area contributed by atoms with Crippen molar-refractivity contribution in [1.29, 1.82) is 0 Å². The summed E-state index contributed by atoms with van der Waals surface area (Å²) < 4.78 is 26.6. The highest BCUT2D eigenvalue weighted by Crippen LogP contribution is 2.28. The molecule has 0 aromatic heterocycles. The molecule has 0 bridgehead atoms. The van der Waals surface area contributed by atoms with Gasteiger partial charge in [0.1, 0.15) is 31.1 Å². The van der Waals surface area contributed by atoms with Crippen molar-refractivity contribution in [3.05, 3.63) is 0 Å². The SMILES string of the molecule is CC(=O)NC1C(OC(C)C=O)OC(COC(C)=O)C(OC(C)=O)C1OC(C)=O. The highest BCUT2D eigenvalue weighted by Gasteiger charge is 2.51. The van der Waals surface area contributed by atoms with Crippen LogP contribution in [0, 0.1) is 0 Å². The molecule has 1 rings (SSSR count). The van der Waals surface area contributed by atoms with E-state index in [2.05, 4.69) is 5.32 Å². The van der Waals surface area contributed by atoms with E-state index >= 15 is 0 Å². The first-order valence-corrected chi connectivity index (χ1v) is 8.56. The average molecular weight is 403 g/mol. The highest BCUT2D eigenvalue weighted by molar-refractivity contribution is 5.73. The van der Waals surface area contributed by atoms with Crippen LogP contribution in [0.25, 0.3) is 0 Å². The predicted molar refractivity (Wildman–Crippen MR) is 90.6 cm³/mol. The van der Waals surface area contributed by atoms with Crippen LogP contribution in [0.2, 0.25) is 0 Å². The monoisotopic (exact) mass is 403 g/mol. The Kier molecular flexibility index (Phi) is 9.00. The van der Waals surface area contributed by atoms with Gasteiger partial charge < -0.3 is 33.8 Å². The maximum absolute atomic E-state index is 11.7. The van der Waals surface area contributed by atoms with Gasteiger partial charge in [0, 0.05) is 27.7 Å². The molecule has 0 radical (unpaired) electrons. The maximum Gasteiger partial charge on any atom is 0.303 e. The Hall–Kier alpha value is -2.53. The lowest BCUT2D eigenvalue weighted by atomic mass is 9.96. The molecule has 1 fully saturated rings. The van der Waals surface area contributed by atoms with Crippen LogP contribution in [-0.4, -0.2) is 73.5 Å². The number of carbonyl (C=O) groups excluding carboxylic acids is 5. The first-order chi connectivity index (χ1) is 13.0. The molecule has 0 saturated carbocycles. The number of rotatable bonds is 8. The zero-order valence-electron chi connectivity index (χ0n) is 16.3. The molecule has 1 aliphatic rings. The van der Waals surface area contributed by atoms with E-state index in [1.54, 1.807) is 0 Å². The lowest BCUT2D eigenvalue weighted by molar-refractivity contribution is -0.283. The Morgan fingerprint density at radius 3 is 2.04 bits per heavy atom. The third-order valence-electron chi connectivity index (χ3n) is 3.61. The Morgan fingerprint density at radius 2 is 1.57 bits per heavy atom. The number of carbonyl (C=O) groups is 5. The van der Waals surface area contributed by atoms with Gasteiger partial charge in [-0.2, -0.15) is 0 Å². The van der Waals surface area contributed by atoms with Gasteiger partial charge in [0.15, 0.2) is 18.5 Å². The second-order valence-electron chi connectivity index (χ2n) is 6.20. The standard InChI is InChI=1S/C17H25NO10/c1-8(6-19)25-17-14(18-9(2)20)16(27-12(5)23)15(26-11(4)22)13(28-17)7-24-10(3)21/h6,8,13-17H,7H2,1-5H3,(H,18,20). The Balaban J connectivity index is 3.30.